The van der Waals surface area contributed by atoms with E-state index in [0.717, 1.165) is 0 Å². The van der Waals surface area contributed by atoms with Gasteiger partial charge in [0.25, 0.3) is 0 Å². The van der Waals surface area contributed by atoms with Crippen LogP contribution in [0, 0.1) is 0 Å². The summed E-state index contributed by atoms with van der Waals surface area (Å²) in [7, 11) is 0. The molecule has 1 unspecified atom stereocenters. The Balaban J connectivity index is 3.47. The van der Waals surface area contributed by atoms with Crippen molar-refractivity contribution in [2.75, 3.05) is 0 Å². The summed E-state index contributed by atoms with van der Waals surface area (Å²) < 4.78 is 34.1. The Labute approximate surface area is 52.2 Å². The fourth-order valence-electron chi connectivity index (χ4n) is 0.381. The normalized spacial score (nSPS) is 15.7. The van der Waals surface area contributed by atoms with E-state index in [9.17, 15) is 13.2 Å². The van der Waals surface area contributed by atoms with E-state index in [1.807, 2.05) is 0 Å². The van der Waals surface area contributed by atoms with Gasteiger partial charge in [-0.1, -0.05) is 6.92 Å². The highest BCUT2D eigenvalue weighted by Crippen LogP contribution is 2.11. The minimum atomic E-state index is -4.23. The van der Waals surface area contributed by atoms with E-state index in [2.05, 4.69) is 0 Å². The van der Waals surface area contributed by atoms with E-state index in [1.165, 1.54) is 12.2 Å². The molecule has 0 aliphatic heterocycles. The minimum Gasteiger partial charge on any atom is -0.225 e. The van der Waals surface area contributed by atoms with Crippen LogP contribution in [0.5, 0.6) is 0 Å². The average molecular weight is 141 g/mol. The molecule has 0 aromatic heterocycles. The number of hydrogen-bond acceptors (Lipinski definition) is 1. The van der Waals surface area contributed by atoms with E-state index in [1.54, 1.807) is 6.92 Å². The summed E-state index contributed by atoms with van der Waals surface area (Å²) in [5.41, 5.74) is 0. The molecule has 1 atom stereocenters. The fraction of sp³-hybridized carbons (Fsp3) is 1.00. The highest BCUT2D eigenvalue weighted by molar-refractivity contribution is 4.58. The van der Waals surface area contributed by atoms with Crippen LogP contribution in [0.2, 0.25) is 0 Å². The van der Waals surface area contributed by atoms with Crippen molar-refractivity contribution in [2.45, 2.75) is 32.6 Å². The van der Waals surface area contributed by atoms with Crippen LogP contribution in [0.3, 0.4) is 0 Å². The van der Waals surface area contributed by atoms with Gasteiger partial charge in [-0.3, -0.25) is 0 Å². The summed E-state index contributed by atoms with van der Waals surface area (Å²) in [6, 6.07) is -0.481. The summed E-state index contributed by atoms with van der Waals surface area (Å²) >= 11 is 0. The van der Waals surface area contributed by atoms with Gasteiger partial charge in [-0.25, -0.2) is 5.32 Å². The molecule has 0 rings (SSSR count). The van der Waals surface area contributed by atoms with E-state index < -0.39 is 12.3 Å². The van der Waals surface area contributed by atoms with E-state index in [-0.39, 0.29) is 0 Å². The van der Waals surface area contributed by atoms with Gasteiger partial charge < -0.3 is 0 Å². The van der Waals surface area contributed by atoms with Gasteiger partial charge in [0.15, 0.2) is 0 Å². The summed E-state index contributed by atoms with van der Waals surface area (Å²) in [6.45, 7) is 3.19. The topological polar surface area (TPSA) is 12.0 Å². The Bertz CT molecular complexity index is 78.8. The highest BCUT2D eigenvalue weighted by Gasteiger charge is 2.28. The fourth-order valence-corrected chi connectivity index (χ4v) is 0.381. The second-order valence-corrected chi connectivity index (χ2v) is 1.95. The monoisotopic (exact) mass is 141 g/mol. The lowest BCUT2D eigenvalue weighted by Gasteiger charge is -2.13. The molecule has 0 heterocycles. The zero-order chi connectivity index (χ0) is 7.49. The molecule has 0 amide bonds. The third kappa shape index (κ3) is 5.62. The number of alkyl halides is 3. The summed E-state index contributed by atoms with van der Waals surface area (Å²) in [5.74, 6) is 0. The number of nitrogens with one attached hydrogen (secondary N) is 1. The standard InChI is InChI=1S/C5H10F3N/c1-3-4(2)9-5(6,7)8/h4,9H,3H2,1-2H3. The molecule has 4 heteroatoms. The molecule has 0 aromatic rings. The largest absolute Gasteiger partial charge is 0.457 e. The first-order valence-corrected chi connectivity index (χ1v) is 2.80. The zero-order valence-corrected chi connectivity index (χ0v) is 5.42. The molecule has 56 valence electrons. The Morgan fingerprint density at radius 1 is 1.44 bits per heavy atom. The summed E-state index contributed by atoms with van der Waals surface area (Å²) in [4.78, 5) is 0. The van der Waals surface area contributed by atoms with Crippen molar-refractivity contribution in [1.29, 1.82) is 0 Å². The van der Waals surface area contributed by atoms with Crippen LogP contribution in [0.15, 0.2) is 0 Å². The number of rotatable bonds is 2. The Morgan fingerprint density at radius 2 is 1.89 bits per heavy atom. The average Bonchev–Trinajstić information content (AvgIpc) is 1.62. The van der Waals surface area contributed by atoms with Gasteiger partial charge in [-0.15, -0.1) is 0 Å². The molecule has 0 bridgehead atoms. The first-order chi connectivity index (χ1) is 3.95. The van der Waals surface area contributed by atoms with Crippen molar-refractivity contribution < 1.29 is 13.2 Å². The number of hydrogen-bond donors (Lipinski definition) is 1. The van der Waals surface area contributed by atoms with Crippen molar-refractivity contribution >= 4 is 0 Å². The number of halogens is 3. The third-order valence-corrected chi connectivity index (χ3v) is 1.02. The maximum Gasteiger partial charge on any atom is 0.457 e. The molecule has 0 saturated carbocycles. The molecule has 1 nitrogen and oxygen atoms in total. The maximum absolute atomic E-state index is 11.4. The molecule has 0 radical (unpaired) electrons. The van der Waals surface area contributed by atoms with Crippen LogP contribution >= 0.6 is 0 Å². The Kier molecular flexibility index (Phi) is 2.97. The zero-order valence-electron chi connectivity index (χ0n) is 5.42. The van der Waals surface area contributed by atoms with Crippen molar-refractivity contribution in [3.8, 4) is 0 Å². The van der Waals surface area contributed by atoms with Crippen molar-refractivity contribution in [2.24, 2.45) is 0 Å². The van der Waals surface area contributed by atoms with Crippen molar-refractivity contribution in [3.63, 3.8) is 0 Å². The van der Waals surface area contributed by atoms with E-state index >= 15 is 0 Å². The van der Waals surface area contributed by atoms with Crippen molar-refractivity contribution in [3.05, 3.63) is 0 Å². The van der Waals surface area contributed by atoms with Gasteiger partial charge in [-0.2, -0.15) is 13.2 Å². The lowest BCUT2D eigenvalue weighted by Crippen LogP contribution is -2.38. The predicted molar refractivity (Wildman–Crippen MR) is 28.9 cm³/mol. The first kappa shape index (κ1) is 8.75. The second-order valence-electron chi connectivity index (χ2n) is 1.95. The van der Waals surface area contributed by atoms with Crippen LogP contribution < -0.4 is 5.32 Å². The molecule has 0 fully saturated rings. The molecule has 0 aromatic carbocycles. The predicted octanol–water partition coefficient (Wildman–Crippen LogP) is 1.89. The van der Waals surface area contributed by atoms with Gasteiger partial charge in [0, 0.05) is 6.04 Å². The van der Waals surface area contributed by atoms with Crippen LogP contribution in [-0.2, 0) is 0 Å². The summed E-state index contributed by atoms with van der Waals surface area (Å²) in [6.07, 6.45) is -3.74. The van der Waals surface area contributed by atoms with E-state index in [4.69, 9.17) is 0 Å². The Hall–Kier alpha value is -0.250. The first-order valence-electron chi connectivity index (χ1n) is 2.80. The molecule has 9 heavy (non-hydrogen) atoms. The molecular formula is C5H10F3N. The molecular weight excluding hydrogens is 131 g/mol. The lowest BCUT2D eigenvalue weighted by atomic mass is 10.3. The van der Waals surface area contributed by atoms with E-state index in [0.29, 0.717) is 6.42 Å². The molecule has 0 saturated heterocycles. The molecule has 1 N–H and O–H groups in total. The smallest absolute Gasteiger partial charge is 0.225 e. The highest BCUT2D eigenvalue weighted by atomic mass is 19.4. The van der Waals surface area contributed by atoms with Gasteiger partial charge in [-0.05, 0) is 13.3 Å². The second kappa shape index (κ2) is 3.06. The third-order valence-electron chi connectivity index (χ3n) is 1.02. The van der Waals surface area contributed by atoms with Crippen LogP contribution in [-0.4, -0.2) is 12.3 Å². The SMILES string of the molecule is CCC(C)NC(F)(F)F. The van der Waals surface area contributed by atoms with Crippen LogP contribution in [0.4, 0.5) is 13.2 Å². The summed E-state index contributed by atoms with van der Waals surface area (Å²) in [5, 5.41) is 1.47. The van der Waals surface area contributed by atoms with Gasteiger partial charge >= 0.3 is 6.30 Å². The van der Waals surface area contributed by atoms with Gasteiger partial charge in [0.1, 0.15) is 0 Å². The minimum absolute atomic E-state index is 0.481. The lowest BCUT2D eigenvalue weighted by molar-refractivity contribution is -0.163. The molecule has 0 aliphatic rings. The quantitative estimate of drug-likeness (QED) is 0.579. The Morgan fingerprint density at radius 3 is 2.00 bits per heavy atom. The van der Waals surface area contributed by atoms with Crippen LogP contribution in [0.25, 0.3) is 0 Å². The van der Waals surface area contributed by atoms with Crippen LogP contribution in [0.1, 0.15) is 20.3 Å². The molecule has 0 aliphatic carbocycles. The molecule has 0 spiro atoms. The van der Waals surface area contributed by atoms with Crippen molar-refractivity contribution in [1.82, 2.24) is 5.32 Å². The van der Waals surface area contributed by atoms with Gasteiger partial charge in [0.2, 0.25) is 0 Å². The maximum atomic E-state index is 11.4. The van der Waals surface area contributed by atoms with Gasteiger partial charge in [0.05, 0.1) is 0 Å².